The Bertz CT molecular complexity index is 231. The van der Waals surface area contributed by atoms with E-state index in [2.05, 4.69) is 44.5 Å². The van der Waals surface area contributed by atoms with Crippen LogP contribution in [0.25, 0.3) is 0 Å². The quantitative estimate of drug-likeness (QED) is 0.674. The Labute approximate surface area is 120 Å². The first-order valence-corrected chi connectivity index (χ1v) is 8.00. The molecule has 3 nitrogen and oxygen atoms in total. The number of hydrogen-bond acceptors (Lipinski definition) is 3. The van der Waals surface area contributed by atoms with Gasteiger partial charge in [0.05, 0.1) is 12.7 Å². The van der Waals surface area contributed by atoms with Crippen molar-refractivity contribution in [2.24, 2.45) is 11.8 Å². The molecule has 1 aliphatic heterocycles. The lowest BCUT2D eigenvalue weighted by atomic mass is 10.1. The van der Waals surface area contributed by atoms with Crippen LogP contribution < -0.4 is 0 Å². The van der Waals surface area contributed by atoms with E-state index in [-0.39, 0.29) is 0 Å². The number of hydrogen-bond donors (Lipinski definition) is 0. The molecule has 1 aliphatic rings. The molecule has 0 aromatic carbocycles. The van der Waals surface area contributed by atoms with Crippen molar-refractivity contribution in [3.05, 3.63) is 0 Å². The summed E-state index contributed by atoms with van der Waals surface area (Å²) in [6, 6.07) is 0. The predicted molar refractivity (Wildman–Crippen MR) is 82.6 cm³/mol. The average molecular weight is 270 g/mol. The van der Waals surface area contributed by atoms with E-state index in [4.69, 9.17) is 4.74 Å². The van der Waals surface area contributed by atoms with Crippen LogP contribution in [0.1, 0.15) is 40.5 Å². The van der Waals surface area contributed by atoms with Crippen molar-refractivity contribution in [3.8, 4) is 0 Å². The van der Waals surface area contributed by atoms with Crippen LogP contribution in [0.15, 0.2) is 0 Å². The third-order valence-corrected chi connectivity index (χ3v) is 3.67. The number of rotatable bonds is 8. The van der Waals surface area contributed by atoms with Gasteiger partial charge in [0.1, 0.15) is 0 Å². The third kappa shape index (κ3) is 7.91. The highest BCUT2D eigenvalue weighted by Gasteiger charge is 2.21. The monoisotopic (exact) mass is 270 g/mol. The molecule has 1 heterocycles. The molecule has 0 spiro atoms. The largest absolute Gasteiger partial charge is 0.374 e. The predicted octanol–water partition coefficient (Wildman–Crippen LogP) is 2.71. The lowest BCUT2D eigenvalue weighted by molar-refractivity contribution is -0.0418. The van der Waals surface area contributed by atoms with Crippen molar-refractivity contribution < 1.29 is 4.74 Å². The van der Waals surface area contributed by atoms with Gasteiger partial charge in [0.25, 0.3) is 0 Å². The van der Waals surface area contributed by atoms with Gasteiger partial charge in [-0.05, 0) is 38.3 Å². The molecule has 1 fully saturated rings. The van der Waals surface area contributed by atoms with E-state index in [1.54, 1.807) is 0 Å². The first-order valence-electron chi connectivity index (χ1n) is 8.00. The highest BCUT2D eigenvalue weighted by atomic mass is 16.5. The molecule has 0 amide bonds. The number of likely N-dealkylation sites (N-methyl/N-ethyl adjacent to an activating group) is 1. The van der Waals surface area contributed by atoms with Gasteiger partial charge in [-0.3, -0.25) is 4.90 Å². The maximum Gasteiger partial charge on any atom is 0.0829 e. The van der Waals surface area contributed by atoms with Crippen LogP contribution in [0.5, 0.6) is 0 Å². The number of nitrogens with zero attached hydrogens (tertiary/aromatic N) is 2. The van der Waals surface area contributed by atoms with E-state index in [0.29, 0.717) is 6.10 Å². The van der Waals surface area contributed by atoms with Crippen LogP contribution in [0, 0.1) is 11.8 Å². The Hall–Kier alpha value is -0.120. The second-order valence-corrected chi connectivity index (χ2v) is 6.94. The first kappa shape index (κ1) is 16.9. The molecule has 0 aromatic heterocycles. The summed E-state index contributed by atoms with van der Waals surface area (Å²) in [5.74, 6) is 1.56. The maximum absolute atomic E-state index is 5.90. The zero-order valence-corrected chi connectivity index (χ0v) is 13.7. The van der Waals surface area contributed by atoms with Crippen molar-refractivity contribution in [1.29, 1.82) is 0 Å². The highest BCUT2D eigenvalue weighted by Crippen LogP contribution is 2.10. The van der Waals surface area contributed by atoms with Crippen LogP contribution in [0.2, 0.25) is 0 Å². The summed E-state index contributed by atoms with van der Waals surface area (Å²) < 4.78 is 5.90. The van der Waals surface area contributed by atoms with Gasteiger partial charge in [-0.25, -0.2) is 0 Å². The lowest BCUT2D eigenvalue weighted by Crippen LogP contribution is -2.47. The molecular weight excluding hydrogens is 236 g/mol. The zero-order chi connectivity index (χ0) is 14.3. The van der Waals surface area contributed by atoms with Gasteiger partial charge in [0.2, 0.25) is 0 Å². The van der Waals surface area contributed by atoms with Crippen LogP contribution in [0.4, 0.5) is 0 Å². The molecule has 3 heteroatoms. The SMILES string of the molecule is CC(C)CCCN1CCO[C@@H](CN(C)CC(C)C)C1. The second kappa shape index (κ2) is 8.93. The average Bonchev–Trinajstić information content (AvgIpc) is 2.27. The van der Waals surface area contributed by atoms with E-state index in [1.165, 1.54) is 19.4 Å². The summed E-state index contributed by atoms with van der Waals surface area (Å²) in [6.45, 7) is 15.8. The fourth-order valence-corrected chi connectivity index (χ4v) is 2.86. The minimum Gasteiger partial charge on any atom is -0.374 e. The summed E-state index contributed by atoms with van der Waals surface area (Å²) >= 11 is 0. The summed E-state index contributed by atoms with van der Waals surface area (Å²) in [5.41, 5.74) is 0. The van der Waals surface area contributed by atoms with E-state index in [9.17, 15) is 0 Å². The van der Waals surface area contributed by atoms with Gasteiger partial charge >= 0.3 is 0 Å². The maximum atomic E-state index is 5.90. The number of morpholine rings is 1. The Morgan fingerprint density at radius 3 is 2.58 bits per heavy atom. The van der Waals surface area contributed by atoms with E-state index >= 15 is 0 Å². The highest BCUT2D eigenvalue weighted by molar-refractivity contribution is 4.74. The lowest BCUT2D eigenvalue weighted by Gasteiger charge is -2.35. The van der Waals surface area contributed by atoms with Gasteiger partial charge in [0.15, 0.2) is 0 Å². The van der Waals surface area contributed by atoms with Gasteiger partial charge < -0.3 is 9.64 Å². The molecular formula is C16H34N2O. The molecule has 0 N–H and O–H groups in total. The van der Waals surface area contributed by atoms with Gasteiger partial charge in [-0.2, -0.15) is 0 Å². The second-order valence-electron chi connectivity index (χ2n) is 6.94. The standard InChI is InChI=1S/C16H34N2O/c1-14(2)7-6-8-18-9-10-19-16(13-18)12-17(5)11-15(3)4/h14-16H,6-13H2,1-5H3/t16-/m0/s1. The minimum absolute atomic E-state index is 0.400. The summed E-state index contributed by atoms with van der Waals surface area (Å²) in [4.78, 5) is 4.99. The summed E-state index contributed by atoms with van der Waals surface area (Å²) in [5, 5.41) is 0. The van der Waals surface area contributed by atoms with Gasteiger partial charge in [-0.1, -0.05) is 27.7 Å². The molecule has 114 valence electrons. The van der Waals surface area contributed by atoms with Crippen molar-refractivity contribution in [2.75, 3.05) is 46.4 Å². The minimum atomic E-state index is 0.400. The molecule has 0 saturated carbocycles. The molecule has 1 atom stereocenters. The van der Waals surface area contributed by atoms with Crippen molar-refractivity contribution >= 4 is 0 Å². The van der Waals surface area contributed by atoms with Crippen LogP contribution in [0.3, 0.4) is 0 Å². The molecule has 19 heavy (non-hydrogen) atoms. The zero-order valence-electron chi connectivity index (χ0n) is 13.7. The molecule has 0 unspecified atom stereocenters. The summed E-state index contributed by atoms with van der Waals surface area (Å²) in [7, 11) is 2.21. The van der Waals surface area contributed by atoms with Crippen molar-refractivity contribution in [2.45, 2.75) is 46.6 Å². The molecule has 0 bridgehead atoms. The van der Waals surface area contributed by atoms with Crippen molar-refractivity contribution in [1.82, 2.24) is 9.80 Å². The normalized spacial score (nSPS) is 21.8. The van der Waals surface area contributed by atoms with Gasteiger partial charge in [-0.15, -0.1) is 0 Å². The number of ether oxygens (including phenoxy) is 1. The fourth-order valence-electron chi connectivity index (χ4n) is 2.86. The van der Waals surface area contributed by atoms with E-state index in [1.807, 2.05) is 0 Å². The molecule has 0 aliphatic carbocycles. The Morgan fingerprint density at radius 2 is 1.95 bits per heavy atom. The Kier molecular flexibility index (Phi) is 7.96. The first-order chi connectivity index (χ1) is 8.97. The smallest absolute Gasteiger partial charge is 0.0829 e. The van der Waals surface area contributed by atoms with Crippen LogP contribution in [-0.4, -0.2) is 62.3 Å². The summed E-state index contributed by atoms with van der Waals surface area (Å²) in [6.07, 6.45) is 3.07. The van der Waals surface area contributed by atoms with E-state index in [0.717, 1.165) is 44.6 Å². The fraction of sp³-hybridized carbons (Fsp3) is 1.00. The Balaban J connectivity index is 2.21. The van der Waals surface area contributed by atoms with Crippen molar-refractivity contribution in [3.63, 3.8) is 0 Å². The topological polar surface area (TPSA) is 15.7 Å². The molecule has 0 aromatic rings. The van der Waals surface area contributed by atoms with Gasteiger partial charge in [0, 0.05) is 26.2 Å². The van der Waals surface area contributed by atoms with E-state index < -0.39 is 0 Å². The molecule has 1 saturated heterocycles. The van der Waals surface area contributed by atoms with Crippen LogP contribution in [-0.2, 0) is 4.74 Å². The van der Waals surface area contributed by atoms with Crippen LogP contribution >= 0.6 is 0 Å². The molecule has 1 rings (SSSR count). The third-order valence-electron chi connectivity index (χ3n) is 3.67. The molecule has 0 radical (unpaired) electrons. The Morgan fingerprint density at radius 1 is 1.21 bits per heavy atom.